The molecule has 2 rings (SSSR count). The third-order valence-electron chi connectivity index (χ3n) is 3.33. The fourth-order valence-electron chi connectivity index (χ4n) is 2.13. The maximum atomic E-state index is 11.9. The average Bonchev–Trinajstić information content (AvgIpc) is 2.60. The van der Waals surface area contributed by atoms with Crippen molar-refractivity contribution in [1.82, 2.24) is 4.72 Å². The van der Waals surface area contributed by atoms with Crippen LogP contribution in [0.4, 0.5) is 0 Å². The van der Waals surface area contributed by atoms with Gasteiger partial charge in [0.15, 0.2) is 0 Å². The van der Waals surface area contributed by atoms with Crippen molar-refractivity contribution in [1.29, 1.82) is 0 Å². The van der Waals surface area contributed by atoms with Gasteiger partial charge in [-0.3, -0.25) is 0 Å². The normalized spacial score (nSPS) is 11.2. The van der Waals surface area contributed by atoms with Crippen LogP contribution in [0.15, 0.2) is 54.6 Å². The highest BCUT2D eigenvalue weighted by atomic mass is 32.2. The first kappa shape index (κ1) is 18.3. The molecule has 0 radical (unpaired) electrons. The summed E-state index contributed by atoms with van der Waals surface area (Å²) in [6.45, 7) is 3.06. The number of ether oxygens (including phenoxy) is 2. The average molecular weight is 349 g/mol. The Morgan fingerprint density at radius 1 is 0.917 bits per heavy atom. The van der Waals surface area contributed by atoms with Gasteiger partial charge in [-0.05, 0) is 43.2 Å². The Labute approximate surface area is 143 Å². The summed E-state index contributed by atoms with van der Waals surface area (Å²) in [6, 6.07) is 16.8. The van der Waals surface area contributed by atoms with Crippen LogP contribution in [-0.2, 0) is 16.4 Å². The molecular weight excluding hydrogens is 326 g/mol. The molecule has 0 spiro atoms. The third kappa shape index (κ3) is 6.60. The van der Waals surface area contributed by atoms with E-state index in [2.05, 4.69) is 4.72 Å². The minimum atomic E-state index is -3.30. The highest BCUT2D eigenvalue weighted by Crippen LogP contribution is 2.17. The molecule has 0 saturated heterocycles. The largest absolute Gasteiger partial charge is 0.494 e. The van der Waals surface area contributed by atoms with Crippen LogP contribution in [-0.4, -0.2) is 33.9 Å². The lowest BCUT2D eigenvalue weighted by molar-refractivity contribution is 0.319. The third-order valence-corrected chi connectivity index (χ3v) is 4.72. The fourth-order valence-corrected chi connectivity index (χ4v) is 3.18. The van der Waals surface area contributed by atoms with Crippen molar-refractivity contribution in [3.63, 3.8) is 0 Å². The summed E-state index contributed by atoms with van der Waals surface area (Å²) in [7, 11) is -3.30. The van der Waals surface area contributed by atoms with Crippen molar-refractivity contribution in [2.45, 2.75) is 13.3 Å². The molecule has 0 heterocycles. The van der Waals surface area contributed by atoms with Crippen LogP contribution in [0.3, 0.4) is 0 Å². The van der Waals surface area contributed by atoms with Gasteiger partial charge in [-0.2, -0.15) is 0 Å². The van der Waals surface area contributed by atoms with Crippen LogP contribution in [0, 0.1) is 0 Å². The number of sulfonamides is 1. The molecule has 0 bridgehead atoms. The van der Waals surface area contributed by atoms with E-state index in [1.165, 1.54) is 0 Å². The first-order valence-corrected chi connectivity index (χ1v) is 9.61. The van der Waals surface area contributed by atoms with Gasteiger partial charge in [-0.25, -0.2) is 13.1 Å². The smallest absolute Gasteiger partial charge is 0.212 e. The summed E-state index contributed by atoms with van der Waals surface area (Å²) in [6.07, 6.45) is 0.496. The lowest BCUT2D eigenvalue weighted by Gasteiger charge is -2.09. The first-order chi connectivity index (χ1) is 11.6. The van der Waals surface area contributed by atoms with Gasteiger partial charge in [-0.15, -0.1) is 0 Å². The Hall–Kier alpha value is -2.05. The lowest BCUT2D eigenvalue weighted by atomic mass is 10.2. The van der Waals surface area contributed by atoms with Crippen LogP contribution in [0.2, 0.25) is 0 Å². The number of benzene rings is 2. The molecule has 5 nitrogen and oxygen atoms in total. The monoisotopic (exact) mass is 349 g/mol. The summed E-state index contributed by atoms with van der Waals surface area (Å²) in [4.78, 5) is 0. The van der Waals surface area contributed by atoms with E-state index in [1.807, 2.05) is 49.4 Å². The molecule has 130 valence electrons. The van der Waals surface area contributed by atoms with E-state index in [1.54, 1.807) is 12.1 Å². The van der Waals surface area contributed by atoms with Gasteiger partial charge in [0.25, 0.3) is 0 Å². The van der Waals surface area contributed by atoms with E-state index in [0.29, 0.717) is 18.8 Å². The molecule has 2 aromatic rings. The molecule has 1 N–H and O–H groups in total. The highest BCUT2D eigenvalue weighted by Gasteiger charge is 2.09. The molecule has 2 aromatic carbocycles. The molecule has 24 heavy (non-hydrogen) atoms. The predicted molar refractivity (Wildman–Crippen MR) is 95.0 cm³/mol. The molecule has 0 amide bonds. The Kier molecular flexibility index (Phi) is 7.08. The Bertz CT molecular complexity index is 700. The van der Waals surface area contributed by atoms with E-state index < -0.39 is 10.0 Å². The number of nitrogens with one attached hydrogen (secondary N) is 1. The molecule has 0 unspecified atom stereocenters. The minimum absolute atomic E-state index is 0.0695. The molecule has 0 aliphatic heterocycles. The molecular formula is C18H23NO4S. The minimum Gasteiger partial charge on any atom is -0.494 e. The van der Waals surface area contributed by atoms with Crippen molar-refractivity contribution >= 4 is 10.0 Å². The second-order valence-electron chi connectivity index (χ2n) is 5.20. The standard InChI is InChI=1S/C18H23NO4S/c1-2-22-17-8-10-18(11-9-17)23-14-13-19-24(20,21)15-12-16-6-4-3-5-7-16/h3-11,19H,2,12-15H2,1H3. The van der Waals surface area contributed by atoms with Gasteiger partial charge >= 0.3 is 0 Å². The van der Waals surface area contributed by atoms with E-state index in [-0.39, 0.29) is 18.9 Å². The topological polar surface area (TPSA) is 64.6 Å². The molecule has 0 aliphatic carbocycles. The van der Waals surface area contributed by atoms with Crippen molar-refractivity contribution in [2.75, 3.05) is 25.5 Å². The maximum absolute atomic E-state index is 11.9. The summed E-state index contributed by atoms with van der Waals surface area (Å²) in [5.41, 5.74) is 1.01. The Balaban J connectivity index is 1.68. The zero-order chi connectivity index (χ0) is 17.3. The van der Waals surface area contributed by atoms with E-state index in [9.17, 15) is 8.42 Å². The summed E-state index contributed by atoms with van der Waals surface area (Å²) < 4.78 is 37.3. The van der Waals surface area contributed by atoms with Gasteiger partial charge in [-0.1, -0.05) is 30.3 Å². The molecule has 0 fully saturated rings. The number of hydrogen-bond acceptors (Lipinski definition) is 4. The Morgan fingerprint density at radius 2 is 1.54 bits per heavy atom. The Morgan fingerprint density at radius 3 is 2.17 bits per heavy atom. The van der Waals surface area contributed by atoms with Crippen LogP contribution in [0.1, 0.15) is 12.5 Å². The zero-order valence-corrected chi connectivity index (χ0v) is 14.6. The quantitative estimate of drug-likeness (QED) is 0.670. The van der Waals surface area contributed by atoms with Gasteiger partial charge in [0.05, 0.1) is 12.4 Å². The first-order valence-electron chi connectivity index (χ1n) is 7.96. The fraction of sp³-hybridized carbons (Fsp3) is 0.333. The second kappa shape index (κ2) is 9.30. The highest BCUT2D eigenvalue weighted by molar-refractivity contribution is 7.89. The molecule has 0 saturated carbocycles. The van der Waals surface area contributed by atoms with Gasteiger partial charge in [0, 0.05) is 6.54 Å². The van der Waals surface area contributed by atoms with Crippen LogP contribution < -0.4 is 14.2 Å². The molecule has 0 aromatic heterocycles. The second-order valence-corrected chi connectivity index (χ2v) is 7.13. The molecule has 6 heteroatoms. The SMILES string of the molecule is CCOc1ccc(OCCNS(=O)(=O)CCc2ccccc2)cc1. The van der Waals surface area contributed by atoms with Crippen LogP contribution in [0.5, 0.6) is 11.5 Å². The lowest BCUT2D eigenvalue weighted by Crippen LogP contribution is -2.31. The summed E-state index contributed by atoms with van der Waals surface area (Å²) in [5, 5.41) is 0. The van der Waals surface area contributed by atoms with Crippen molar-refractivity contribution < 1.29 is 17.9 Å². The molecule has 0 aliphatic rings. The number of hydrogen-bond donors (Lipinski definition) is 1. The predicted octanol–water partition coefficient (Wildman–Crippen LogP) is 2.63. The van der Waals surface area contributed by atoms with Gasteiger partial charge in [0.2, 0.25) is 10.0 Å². The van der Waals surface area contributed by atoms with E-state index in [4.69, 9.17) is 9.47 Å². The van der Waals surface area contributed by atoms with Crippen molar-refractivity contribution in [3.8, 4) is 11.5 Å². The summed E-state index contributed by atoms with van der Waals surface area (Å²) >= 11 is 0. The molecule has 0 atom stereocenters. The maximum Gasteiger partial charge on any atom is 0.212 e. The number of rotatable bonds is 10. The van der Waals surface area contributed by atoms with Crippen LogP contribution >= 0.6 is 0 Å². The van der Waals surface area contributed by atoms with Crippen molar-refractivity contribution in [3.05, 3.63) is 60.2 Å². The van der Waals surface area contributed by atoms with Gasteiger partial charge < -0.3 is 9.47 Å². The number of aryl methyl sites for hydroxylation is 1. The van der Waals surface area contributed by atoms with Gasteiger partial charge in [0.1, 0.15) is 18.1 Å². The van der Waals surface area contributed by atoms with Crippen LogP contribution in [0.25, 0.3) is 0 Å². The van der Waals surface area contributed by atoms with Crippen molar-refractivity contribution in [2.24, 2.45) is 0 Å². The summed E-state index contributed by atoms with van der Waals surface area (Å²) in [5.74, 6) is 1.54. The van der Waals surface area contributed by atoms with E-state index in [0.717, 1.165) is 11.3 Å². The van der Waals surface area contributed by atoms with E-state index >= 15 is 0 Å². The zero-order valence-electron chi connectivity index (χ0n) is 13.8.